The molecule has 3 aromatic rings. The van der Waals surface area contributed by atoms with Gasteiger partial charge in [-0.2, -0.15) is 0 Å². The maximum atomic E-state index is 12.5. The molecule has 0 saturated heterocycles. The molecule has 0 aromatic heterocycles. The van der Waals surface area contributed by atoms with Crippen molar-refractivity contribution in [3.8, 4) is 11.5 Å². The summed E-state index contributed by atoms with van der Waals surface area (Å²) in [6.07, 6.45) is 0.198. The number of nitrogens with one attached hydrogen (secondary N) is 2. The number of amides is 1. The molecule has 3 aromatic carbocycles. The molecule has 180 valence electrons. The smallest absolute Gasteiger partial charge is 0.224 e. The lowest BCUT2D eigenvalue weighted by molar-refractivity contribution is -0.120. The average Bonchev–Trinajstić information content (AvgIpc) is 2.78. The van der Waals surface area contributed by atoms with Crippen LogP contribution in [0.15, 0.2) is 60.7 Å². The Labute approximate surface area is 201 Å². The summed E-state index contributed by atoms with van der Waals surface area (Å²) in [5.74, 6) is -0.185. The third-order valence-corrected chi connectivity index (χ3v) is 6.06. The van der Waals surface area contributed by atoms with Crippen molar-refractivity contribution >= 4 is 5.91 Å². The Morgan fingerprint density at radius 1 is 0.941 bits per heavy atom. The van der Waals surface area contributed by atoms with Gasteiger partial charge in [-0.15, -0.1) is 0 Å². The predicted molar refractivity (Wildman–Crippen MR) is 134 cm³/mol. The van der Waals surface area contributed by atoms with E-state index in [1.165, 1.54) is 29.3 Å². The first-order valence-electron chi connectivity index (χ1n) is 11.5. The number of aliphatic hydroxyl groups excluding tert-OH is 1. The maximum Gasteiger partial charge on any atom is 0.224 e. The van der Waals surface area contributed by atoms with Crippen LogP contribution in [0.1, 0.15) is 46.4 Å². The minimum Gasteiger partial charge on any atom is -0.508 e. The quantitative estimate of drug-likeness (QED) is 0.315. The maximum absolute atomic E-state index is 12.5. The number of rotatable bonds is 10. The number of carbonyl (C=O) groups excluding carboxylic acids is 1. The SMILES string of the molecule is Cc1cccc(CNC(=O)Cc2cccc(C[C@@H](C)NCC(O)c3cc(O)cc(O)c3)c2)c1C. The molecule has 6 nitrogen and oxygen atoms in total. The topological polar surface area (TPSA) is 102 Å². The number of benzene rings is 3. The fourth-order valence-electron chi connectivity index (χ4n) is 3.98. The highest BCUT2D eigenvalue weighted by Gasteiger charge is 2.13. The van der Waals surface area contributed by atoms with Crippen molar-refractivity contribution in [1.82, 2.24) is 10.6 Å². The minimum absolute atomic E-state index is 0.0123. The molecule has 2 atom stereocenters. The molecular weight excluding hydrogens is 428 g/mol. The summed E-state index contributed by atoms with van der Waals surface area (Å²) in [6.45, 7) is 6.97. The fourth-order valence-corrected chi connectivity index (χ4v) is 3.98. The van der Waals surface area contributed by atoms with Crippen molar-refractivity contribution in [1.29, 1.82) is 0 Å². The molecule has 3 rings (SSSR count). The van der Waals surface area contributed by atoms with Gasteiger partial charge in [0, 0.05) is 25.2 Å². The first-order chi connectivity index (χ1) is 16.2. The predicted octanol–water partition coefficient (Wildman–Crippen LogP) is 3.83. The molecule has 1 amide bonds. The molecule has 0 aliphatic heterocycles. The molecule has 0 saturated carbocycles. The van der Waals surface area contributed by atoms with Gasteiger partial charge in [-0.05, 0) is 72.7 Å². The van der Waals surface area contributed by atoms with Gasteiger partial charge in [-0.3, -0.25) is 4.79 Å². The van der Waals surface area contributed by atoms with Crippen LogP contribution in [0, 0.1) is 13.8 Å². The van der Waals surface area contributed by atoms with Crippen molar-refractivity contribution in [3.05, 3.63) is 94.0 Å². The molecule has 0 heterocycles. The van der Waals surface area contributed by atoms with Crippen molar-refractivity contribution in [2.75, 3.05) is 6.54 Å². The number of aryl methyl sites for hydroxylation is 1. The van der Waals surface area contributed by atoms with E-state index in [-0.39, 0.29) is 30.0 Å². The first-order valence-corrected chi connectivity index (χ1v) is 11.5. The lowest BCUT2D eigenvalue weighted by atomic mass is 10.0. The molecule has 5 N–H and O–H groups in total. The number of hydrogen-bond acceptors (Lipinski definition) is 5. The third-order valence-electron chi connectivity index (χ3n) is 6.06. The van der Waals surface area contributed by atoms with Gasteiger partial charge in [-0.25, -0.2) is 0 Å². The van der Waals surface area contributed by atoms with Crippen molar-refractivity contribution in [2.45, 2.75) is 52.3 Å². The molecule has 0 radical (unpaired) electrons. The van der Waals surface area contributed by atoms with E-state index in [0.717, 1.165) is 23.1 Å². The van der Waals surface area contributed by atoms with Gasteiger partial charge in [-0.1, -0.05) is 42.5 Å². The Bertz CT molecular complexity index is 1110. The number of phenolic OH excluding ortho intramolecular Hbond substituents is 2. The van der Waals surface area contributed by atoms with E-state index in [9.17, 15) is 20.1 Å². The van der Waals surface area contributed by atoms with E-state index >= 15 is 0 Å². The average molecular weight is 463 g/mol. The normalized spacial score (nSPS) is 12.8. The fraction of sp³-hybridized carbons (Fsp3) is 0.321. The number of aliphatic hydroxyl groups is 1. The zero-order chi connectivity index (χ0) is 24.7. The van der Waals surface area contributed by atoms with Gasteiger partial charge < -0.3 is 26.0 Å². The molecular formula is C28H34N2O4. The Balaban J connectivity index is 1.49. The highest BCUT2D eigenvalue weighted by atomic mass is 16.3. The van der Waals surface area contributed by atoms with Crippen LogP contribution < -0.4 is 10.6 Å². The van der Waals surface area contributed by atoms with Crippen LogP contribution in [0.2, 0.25) is 0 Å². The summed E-state index contributed by atoms with van der Waals surface area (Å²) >= 11 is 0. The minimum atomic E-state index is -0.854. The van der Waals surface area contributed by atoms with E-state index in [2.05, 4.69) is 30.5 Å². The van der Waals surface area contributed by atoms with Crippen molar-refractivity contribution in [3.63, 3.8) is 0 Å². The van der Waals surface area contributed by atoms with Gasteiger partial charge in [0.15, 0.2) is 0 Å². The van der Waals surface area contributed by atoms with Gasteiger partial charge in [0.05, 0.1) is 12.5 Å². The lowest BCUT2D eigenvalue weighted by Crippen LogP contribution is -2.32. The molecule has 0 spiro atoms. The van der Waals surface area contributed by atoms with Crippen LogP contribution in [0.4, 0.5) is 0 Å². The van der Waals surface area contributed by atoms with Crippen molar-refractivity contribution in [2.24, 2.45) is 0 Å². The molecule has 0 bridgehead atoms. The lowest BCUT2D eigenvalue weighted by Gasteiger charge is -2.18. The summed E-state index contributed by atoms with van der Waals surface area (Å²) in [5.41, 5.74) is 6.06. The van der Waals surface area contributed by atoms with Crippen LogP contribution in [-0.2, 0) is 24.2 Å². The summed E-state index contributed by atoms with van der Waals surface area (Å²) in [6, 6.07) is 18.3. The van der Waals surface area contributed by atoms with Crippen LogP contribution >= 0.6 is 0 Å². The zero-order valence-electron chi connectivity index (χ0n) is 20.0. The molecule has 1 unspecified atom stereocenters. The van der Waals surface area contributed by atoms with E-state index in [1.54, 1.807) is 0 Å². The molecule has 0 fully saturated rings. The Hall–Kier alpha value is -3.35. The second kappa shape index (κ2) is 11.7. The molecule has 6 heteroatoms. The van der Waals surface area contributed by atoms with Gasteiger partial charge in [0.1, 0.15) is 11.5 Å². The highest BCUT2D eigenvalue weighted by Crippen LogP contribution is 2.24. The van der Waals surface area contributed by atoms with Gasteiger partial charge in [0.2, 0.25) is 5.91 Å². The number of carbonyl (C=O) groups is 1. The summed E-state index contributed by atoms with van der Waals surface area (Å²) < 4.78 is 0. The van der Waals surface area contributed by atoms with Gasteiger partial charge in [0.25, 0.3) is 0 Å². The van der Waals surface area contributed by atoms with Crippen molar-refractivity contribution < 1.29 is 20.1 Å². The summed E-state index contributed by atoms with van der Waals surface area (Å²) in [7, 11) is 0. The van der Waals surface area contributed by atoms with E-state index in [4.69, 9.17) is 0 Å². The van der Waals surface area contributed by atoms with E-state index in [0.29, 0.717) is 18.5 Å². The molecule has 0 aliphatic carbocycles. The van der Waals surface area contributed by atoms with Crippen LogP contribution in [0.5, 0.6) is 11.5 Å². The third kappa shape index (κ3) is 7.33. The Kier molecular flexibility index (Phi) is 8.68. The van der Waals surface area contributed by atoms with E-state index < -0.39 is 6.10 Å². The second-order valence-electron chi connectivity index (χ2n) is 8.94. The first kappa shape index (κ1) is 25.3. The standard InChI is InChI=1S/C28H34N2O4/c1-18-6-4-9-23(20(18)3)16-30-28(34)12-22-8-5-7-21(11-22)10-19(2)29-17-27(33)24-13-25(31)15-26(32)14-24/h4-9,11,13-15,19,27,29,31-33H,10,12,16-17H2,1-3H3,(H,30,34)/t19-,27?/m1/s1. The van der Waals surface area contributed by atoms with E-state index in [1.807, 2.05) is 43.3 Å². The number of phenols is 2. The Morgan fingerprint density at radius 2 is 1.62 bits per heavy atom. The van der Waals surface area contributed by atoms with Crippen LogP contribution in [0.25, 0.3) is 0 Å². The highest BCUT2D eigenvalue weighted by molar-refractivity contribution is 5.78. The largest absolute Gasteiger partial charge is 0.508 e. The van der Waals surface area contributed by atoms with Crippen LogP contribution in [-0.4, -0.2) is 33.8 Å². The zero-order valence-corrected chi connectivity index (χ0v) is 20.0. The molecule has 34 heavy (non-hydrogen) atoms. The Morgan fingerprint density at radius 3 is 2.35 bits per heavy atom. The molecule has 0 aliphatic rings. The second-order valence-corrected chi connectivity index (χ2v) is 8.94. The van der Waals surface area contributed by atoms with Gasteiger partial charge >= 0.3 is 0 Å². The summed E-state index contributed by atoms with van der Waals surface area (Å²) in [4.78, 5) is 12.5. The summed E-state index contributed by atoms with van der Waals surface area (Å²) in [5, 5.41) is 35.9. The number of aromatic hydroxyl groups is 2. The van der Waals surface area contributed by atoms with Crippen LogP contribution in [0.3, 0.4) is 0 Å². The monoisotopic (exact) mass is 462 g/mol. The number of hydrogen-bond donors (Lipinski definition) is 5.